The summed E-state index contributed by atoms with van der Waals surface area (Å²) in [6.45, 7) is 0. The van der Waals surface area contributed by atoms with Gasteiger partial charge in [0.1, 0.15) is 17.5 Å². The van der Waals surface area contributed by atoms with E-state index in [2.05, 4.69) is 0 Å². The second-order valence-electron chi connectivity index (χ2n) is 3.96. The number of Topliss-reactive ketones (excluding diaryl/α,β-unsaturated/α-hetero) is 1. The summed E-state index contributed by atoms with van der Waals surface area (Å²) in [4.78, 5) is 11.9. The Morgan fingerprint density at radius 3 is 2.32 bits per heavy atom. The molecule has 0 N–H and O–H groups in total. The third-order valence-corrected chi connectivity index (χ3v) is 2.96. The fourth-order valence-electron chi connectivity index (χ4n) is 1.66. The van der Waals surface area contributed by atoms with Crippen molar-refractivity contribution in [2.45, 2.75) is 6.42 Å². The van der Waals surface area contributed by atoms with Crippen LogP contribution >= 0.6 is 11.6 Å². The Bertz CT molecular complexity index is 641. The number of hydrogen-bond acceptors (Lipinski definition) is 1. The van der Waals surface area contributed by atoms with Crippen molar-refractivity contribution in [3.63, 3.8) is 0 Å². The molecule has 0 unspecified atom stereocenters. The molecule has 5 heteroatoms. The van der Waals surface area contributed by atoms with Crippen molar-refractivity contribution < 1.29 is 18.0 Å². The smallest absolute Gasteiger partial charge is 0.170 e. The van der Waals surface area contributed by atoms with Crippen LogP contribution in [0.3, 0.4) is 0 Å². The molecule has 2 aromatic rings. The third-order valence-electron chi connectivity index (χ3n) is 2.59. The number of hydrogen-bond donors (Lipinski definition) is 0. The van der Waals surface area contributed by atoms with Gasteiger partial charge in [-0.25, -0.2) is 13.2 Å². The zero-order chi connectivity index (χ0) is 14.0. The highest BCUT2D eigenvalue weighted by molar-refractivity contribution is 6.31. The van der Waals surface area contributed by atoms with Crippen LogP contribution in [0.4, 0.5) is 13.2 Å². The molecule has 0 spiro atoms. The van der Waals surface area contributed by atoms with Crippen LogP contribution in [-0.2, 0) is 6.42 Å². The molecule has 0 aliphatic carbocycles. The summed E-state index contributed by atoms with van der Waals surface area (Å²) in [5, 5.41) is 0.220. The molecule has 0 fully saturated rings. The van der Waals surface area contributed by atoms with Crippen LogP contribution in [0.5, 0.6) is 0 Å². The molecule has 19 heavy (non-hydrogen) atoms. The van der Waals surface area contributed by atoms with E-state index in [1.54, 1.807) is 0 Å². The maximum absolute atomic E-state index is 13.4. The van der Waals surface area contributed by atoms with Crippen molar-refractivity contribution in [3.8, 4) is 0 Å². The molecule has 0 bridgehead atoms. The van der Waals surface area contributed by atoms with E-state index < -0.39 is 23.2 Å². The molecule has 2 aromatic carbocycles. The minimum atomic E-state index is -0.947. The van der Waals surface area contributed by atoms with Crippen LogP contribution < -0.4 is 0 Å². The van der Waals surface area contributed by atoms with E-state index in [4.69, 9.17) is 11.6 Å². The number of carbonyl (C=O) groups is 1. The molecule has 1 nitrogen and oxygen atoms in total. The second kappa shape index (κ2) is 5.45. The lowest BCUT2D eigenvalue weighted by Crippen LogP contribution is -2.07. The molecule has 0 amide bonds. The van der Waals surface area contributed by atoms with Crippen molar-refractivity contribution in [2.75, 3.05) is 0 Å². The number of halogens is 4. The van der Waals surface area contributed by atoms with Crippen LogP contribution in [0.15, 0.2) is 36.4 Å². The summed E-state index contributed by atoms with van der Waals surface area (Å²) < 4.78 is 39.2. The summed E-state index contributed by atoms with van der Waals surface area (Å²) in [6.07, 6.45) is -0.251. The lowest BCUT2D eigenvalue weighted by molar-refractivity contribution is 0.0989. The molecule has 0 saturated carbocycles. The topological polar surface area (TPSA) is 17.1 Å². The Morgan fingerprint density at radius 1 is 1.00 bits per heavy atom. The number of rotatable bonds is 3. The highest BCUT2D eigenvalue weighted by Crippen LogP contribution is 2.20. The standard InChI is InChI=1S/C14H8ClF3O/c15-12-4-2-9(16)5-8(12)6-14(19)11-3-1-10(17)7-13(11)18/h1-5,7H,6H2. The molecule has 0 heterocycles. The largest absolute Gasteiger partial charge is 0.294 e. The molecule has 0 atom stereocenters. The van der Waals surface area contributed by atoms with Crippen LogP contribution in [0, 0.1) is 17.5 Å². The molecule has 2 rings (SSSR count). The van der Waals surface area contributed by atoms with Crippen molar-refractivity contribution in [3.05, 3.63) is 70.0 Å². The third kappa shape index (κ3) is 3.15. The van der Waals surface area contributed by atoms with Gasteiger partial charge in [0.2, 0.25) is 0 Å². The Kier molecular flexibility index (Phi) is 3.90. The predicted molar refractivity (Wildman–Crippen MR) is 65.8 cm³/mol. The van der Waals surface area contributed by atoms with Gasteiger partial charge in [-0.1, -0.05) is 11.6 Å². The van der Waals surface area contributed by atoms with Crippen LogP contribution in [-0.4, -0.2) is 5.78 Å². The molecular formula is C14H8ClF3O. The Balaban J connectivity index is 2.28. The van der Waals surface area contributed by atoms with E-state index >= 15 is 0 Å². The Morgan fingerprint density at radius 2 is 1.63 bits per heavy atom. The summed E-state index contributed by atoms with van der Waals surface area (Å²) in [5.41, 5.74) is 0.0112. The van der Waals surface area contributed by atoms with Crippen molar-refractivity contribution in [1.29, 1.82) is 0 Å². The van der Waals surface area contributed by atoms with E-state index in [0.717, 1.165) is 24.3 Å². The van der Waals surface area contributed by atoms with E-state index in [9.17, 15) is 18.0 Å². The molecule has 0 aliphatic rings. The fourth-order valence-corrected chi connectivity index (χ4v) is 1.85. The maximum Gasteiger partial charge on any atom is 0.170 e. The SMILES string of the molecule is O=C(Cc1cc(F)ccc1Cl)c1ccc(F)cc1F. The van der Waals surface area contributed by atoms with E-state index in [-0.39, 0.29) is 22.6 Å². The lowest BCUT2D eigenvalue weighted by atomic mass is 10.0. The summed E-state index contributed by atoms with van der Waals surface area (Å²) in [6, 6.07) is 6.26. The molecular weight excluding hydrogens is 277 g/mol. The summed E-state index contributed by atoms with van der Waals surface area (Å²) >= 11 is 5.82. The number of ketones is 1. The van der Waals surface area contributed by atoms with Gasteiger partial charge in [-0.05, 0) is 35.9 Å². The maximum atomic E-state index is 13.4. The average Bonchev–Trinajstić information content (AvgIpc) is 2.33. The van der Waals surface area contributed by atoms with Crippen LogP contribution in [0.25, 0.3) is 0 Å². The first-order valence-corrected chi connectivity index (χ1v) is 5.77. The van der Waals surface area contributed by atoms with Gasteiger partial charge in [-0.2, -0.15) is 0 Å². The minimum absolute atomic E-state index is 0.220. The molecule has 0 saturated heterocycles. The van der Waals surface area contributed by atoms with Crippen molar-refractivity contribution >= 4 is 17.4 Å². The summed E-state index contributed by atoms with van der Waals surface area (Å²) in [5.74, 6) is -2.84. The lowest BCUT2D eigenvalue weighted by Gasteiger charge is -2.05. The van der Waals surface area contributed by atoms with Gasteiger partial charge in [0.25, 0.3) is 0 Å². The normalized spacial score (nSPS) is 10.5. The molecule has 0 aliphatic heterocycles. The van der Waals surface area contributed by atoms with E-state index in [0.29, 0.717) is 6.07 Å². The highest BCUT2D eigenvalue weighted by atomic mass is 35.5. The second-order valence-corrected chi connectivity index (χ2v) is 4.37. The Labute approximate surface area is 112 Å². The zero-order valence-electron chi connectivity index (χ0n) is 9.59. The molecule has 0 aromatic heterocycles. The van der Waals surface area contributed by atoms with Crippen LogP contribution in [0.1, 0.15) is 15.9 Å². The quantitative estimate of drug-likeness (QED) is 0.773. The van der Waals surface area contributed by atoms with Gasteiger partial charge in [-0.3, -0.25) is 4.79 Å². The van der Waals surface area contributed by atoms with Gasteiger partial charge in [0, 0.05) is 17.5 Å². The monoisotopic (exact) mass is 284 g/mol. The van der Waals surface area contributed by atoms with Gasteiger partial charge < -0.3 is 0 Å². The Hall–Kier alpha value is -1.81. The van der Waals surface area contributed by atoms with E-state index in [1.165, 1.54) is 6.07 Å². The fraction of sp³-hybridized carbons (Fsp3) is 0.0714. The first-order valence-electron chi connectivity index (χ1n) is 5.39. The highest BCUT2D eigenvalue weighted by Gasteiger charge is 2.15. The molecule has 0 radical (unpaired) electrons. The van der Waals surface area contributed by atoms with Crippen molar-refractivity contribution in [2.24, 2.45) is 0 Å². The van der Waals surface area contributed by atoms with Gasteiger partial charge >= 0.3 is 0 Å². The van der Waals surface area contributed by atoms with Gasteiger partial charge in [0.15, 0.2) is 5.78 Å². The van der Waals surface area contributed by atoms with Gasteiger partial charge in [-0.15, -0.1) is 0 Å². The average molecular weight is 285 g/mol. The first kappa shape index (κ1) is 13.6. The molecule has 98 valence electrons. The number of carbonyl (C=O) groups excluding carboxylic acids is 1. The minimum Gasteiger partial charge on any atom is -0.294 e. The van der Waals surface area contributed by atoms with E-state index in [1.807, 2.05) is 0 Å². The summed E-state index contributed by atoms with van der Waals surface area (Å²) in [7, 11) is 0. The zero-order valence-corrected chi connectivity index (χ0v) is 10.3. The van der Waals surface area contributed by atoms with Crippen LogP contribution in [0.2, 0.25) is 5.02 Å². The number of benzene rings is 2. The predicted octanol–water partition coefficient (Wildman–Crippen LogP) is 4.18. The van der Waals surface area contributed by atoms with Crippen molar-refractivity contribution in [1.82, 2.24) is 0 Å². The first-order chi connectivity index (χ1) is 8.97. The van der Waals surface area contributed by atoms with Gasteiger partial charge in [0.05, 0.1) is 5.56 Å².